The number of ether oxygens (including phenoxy) is 2. The van der Waals surface area contributed by atoms with Crippen molar-refractivity contribution in [3.63, 3.8) is 0 Å². The third-order valence-corrected chi connectivity index (χ3v) is 3.93. The molecule has 0 atom stereocenters. The molecule has 29 heavy (non-hydrogen) atoms. The van der Waals surface area contributed by atoms with Crippen molar-refractivity contribution in [3.8, 4) is 23.3 Å². The first-order valence-corrected chi connectivity index (χ1v) is 8.91. The van der Waals surface area contributed by atoms with E-state index < -0.39 is 0 Å². The Labute approximate surface area is 170 Å². The molecule has 0 aliphatic rings. The minimum atomic E-state index is -0.248. The van der Waals surface area contributed by atoms with E-state index in [9.17, 15) is 4.79 Å². The van der Waals surface area contributed by atoms with Crippen LogP contribution in [0.3, 0.4) is 0 Å². The topological polar surface area (TPSA) is 60.5 Å². The summed E-state index contributed by atoms with van der Waals surface area (Å²) in [5.74, 6) is 7.11. The number of hydrogen-bond donors (Lipinski definition) is 1. The van der Waals surface area contributed by atoms with Gasteiger partial charge in [-0.3, -0.25) is 4.79 Å². The molecule has 0 fully saturated rings. The zero-order valence-electron chi connectivity index (χ0n) is 16.2. The average molecular weight is 384 g/mol. The molecule has 3 rings (SSSR count). The molecule has 5 heteroatoms. The predicted octanol–water partition coefficient (Wildman–Crippen LogP) is 4.15. The molecule has 0 aliphatic heterocycles. The van der Waals surface area contributed by atoms with E-state index in [1.54, 1.807) is 32.6 Å². The van der Waals surface area contributed by atoms with Gasteiger partial charge in [-0.2, -0.15) is 0 Å². The van der Waals surface area contributed by atoms with Crippen molar-refractivity contribution in [3.05, 3.63) is 89.8 Å². The maximum absolute atomic E-state index is 12.3. The van der Waals surface area contributed by atoms with Crippen LogP contribution in [0.15, 0.2) is 72.9 Å². The van der Waals surface area contributed by atoms with Crippen molar-refractivity contribution in [1.82, 2.24) is 4.98 Å². The standard InChI is InChI=1S/C24H20N2O3/c1-28-22-15-19(16-23(17-22)29-2)10-12-24(27)26-21-8-5-6-18(14-21)9-11-20-7-3-4-13-25-20/h3-8,10,12-17H,1-2H3,(H,26,27)/b12-10+. The number of rotatable bonds is 5. The fraction of sp³-hybridized carbons (Fsp3) is 0.0833. The first kappa shape index (κ1) is 19.7. The fourth-order valence-electron chi connectivity index (χ4n) is 2.53. The number of hydrogen-bond acceptors (Lipinski definition) is 4. The summed E-state index contributed by atoms with van der Waals surface area (Å²) in [4.78, 5) is 16.5. The van der Waals surface area contributed by atoms with Gasteiger partial charge in [0.2, 0.25) is 5.91 Å². The molecule has 0 aliphatic carbocycles. The highest BCUT2D eigenvalue weighted by molar-refractivity contribution is 6.02. The minimum Gasteiger partial charge on any atom is -0.497 e. The van der Waals surface area contributed by atoms with Crippen molar-refractivity contribution in [1.29, 1.82) is 0 Å². The molecule has 2 aromatic carbocycles. The molecule has 0 spiro atoms. The second-order valence-corrected chi connectivity index (χ2v) is 6.01. The number of nitrogens with one attached hydrogen (secondary N) is 1. The van der Waals surface area contributed by atoms with Gasteiger partial charge in [0.05, 0.1) is 14.2 Å². The number of amides is 1. The lowest BCUT2D eigenvalue weighted by Crippen LogP contribution is -2.07. The van der Waals surface area contributed by atoms with Crippen LogP contribution >= 0.6 is 0 Å². The molecule has 3 aromatic rings. The van der Waals surface area contributed by atoms with Crippen LogP contribution in [0, 0.1) is 11.8 Å². The molecule has 1 aromatic heterocycles. The first-order chi connectivity index (χ1) is 14.2. The number of carbonyl (C=O) groups is 1. The maximum atomic E-state index is 12.3. The Balaban J connectivity index is 1.68. The first-order valence-electron chi connectivity index (χ1n) is 8.91. The molecule has 0 bridgehead atoms. The summed E-state index contributed by atoms with van der Waals surface area (Å²) in [5, 5.41) is 2.84. The number of anilines is 1. The highest BCUT2D eigenvalue weighted by Crippen LogP contribution is 2.23. The van der Waals surface area contributed by atoms with Crippen LogP contribution in [-0.2, 0) is 4.79 Å². The van der Waals surface area contributed by atoms with Gasteiger partial charge >= 0.3 is 0 Å². The lowest BCUT2D eigenvalue weighted by molar-refractivity contribution is -0.111. The highest BCUT2D eigenvalue weighted by atomic mass is 16.5. The van der Waals surface area contributed by atoms with Crippen LogP contribution in [0.4, 0.5) is 5.69 Å². The van der Waals surface area contributed by atoms with Crippen molar-refractivity contribution < 1.29 is 14.3 Å². The molecule has 0 saturated heterocycles. The van der Waals surface area contributed by atoms with E-state index in [-0.39, 0.29) is 5.91 Å². The second kappa shape index (κ2) is 9.77. The maximum Gasteiger partial charge on any atom is 0.248 e. The van der Waals surface area contributed by atoms with E-state index >= 15 is 0 Å². The second-order valence-electron chi connectivity index (χ2n) is 6.01. The van der Waals surface area contributed by atoms with Crippen LogP contribution in [0.2, 0.25) is 0 Å². The van der Waals surface area contributed by atoms with Crippen molar-refractivity contribution in [2.24, 2.45) is 0 Å². The van der Waals surface area contributed by atoms with Crippen molar-refractivity contribution >= 4 is 17.7 Å². The minimum absolute atomic E-state index is 0.248. The monoisotopic (exact) mass is 384 g/mol. The smallest absolute Gasteiger partial charge is 0.248 e. The molecule has 0 unspecified atom stereocenters. The van der Waals surface area contributed by atoms with Gasteiger partial charge in [-0.1, -0.05) is 18.1 Å². The largest absolute Gasteiger partial charge is 0.497 e. The van der Waals surface area contributed by atoms with Crippen LogP contribution in [0.1, 0.15) is 16.8 Å². The predicted molar refractivity (Wildman–Crippen MR) is 114 cm³/mol. The molecule has 1 amide bonds. The van der Waals surface area contributed by atoms with E-state index in [1.165, 1.54) is 6.08 Å². The van der Waals surface area contributed by atoms with Gasteiger partial charge in [-0.25, -0.2) is 4.98 Å². The van der Waals surface area contributed by atoms with Crippen LogP contribution in [0.5, 0.6) is 11.5 Å². The average Bonchev–Trinajstić information content (AvgIpc) is 2.77. The van der Waals surface area contributed by atoms with E-state index in [4.69, 9.17) is 9.47 Å². The SMILES string of the molecule is COc1cc(/C=C/C(=O)Nc2cccc(C#Cc3ccccn3)c2)cc(OC)c1. The van der Waals surface area contributed by atoms with Gasteiger partial charge in [0.1, 0.15) is 17.2 Å². The number of nitrogens with zero attached hydrogens (tertiary/aromatic N) is 1. The van der Waals surface area contributed by atoms with Crippen LogP contribution in [0.25, 0.3) is 6.08 Å². The van der Waals surface area contributed by atoms with E-state index in [0.29, 0.717) is 22.9 Å². The quantitative estimate of drug-likeness (QED) is 0.530. The Morgan fingerprint density at radius 1 is 0.966 bits per heavy atom. The number of methoxy groups -OCH3 is 2. The van der Waals surface area contributed by atoms with Gasteiger partial charge in [0.15, 0.2) is 0 Å². The summed E-state index contributed by atoms with van der Waals surface area (Å²) in [7, 11) is 3.16. The molecule has 0 radical (unpaired) electrons. The van der Waals surface area contributed by atoms with E-state index in [0.717, 1.165) is 11.1 Å². The molecule has 0 saturated carbocycles. The zero-order chi connectivity index (χ0) is 20.5. The van der Waals surface area contributed by atoms with Gasteiger partial charge < -0.3 is 14.8 Å². The van der Waals surface area contributed by atoms with Gasteiger partial charge in [-0.05, 0) is 60.0 Å². The fourth-order valence-corrected chi connectivity index (χ4v) is 2.53. The summed E-state index contributed by atoms with van der Waals surface area (Å²) < 4.78 is 10.5. The number of pyridine rings is 1. The van der Waals surface area contributed by atoms with Crippen molar-refractivity contribution in [2.45, 2.75) is 0 Å². The van der Waals surface area contributed by atoms with Crippen LogP contribution in [-0.4, -0.2) is 25.1 Å². The van der Waals surface area contributed by atoms with E-state index in [2.05, 4.69) is 22.1 Å². The molecular weight excluding hydrogens is 364 g/mol. The normalized spacial score (nSPS) is 10.1. The van der Waals surface area contributed by atoms with Crippen molar-refractivity contribution in [2.75, 3.05) is 19.5 Å². The lowest BCUT2D eigenvalue weighted by atomic mass is 10.1. The van der Waals surface area contributed by atoms with Gasteiger partial charge in [-0.15, -0.1) is 0 Å². The molecule has 5 nitrogen and oxygen atoms in total. The summed E-state index contributed by atoms with van der Waals surface area (Å²) in [6.45, 7) is 0. The third-order valence-electron chi connectivity index (χ3n) is 3.93. The Morgan fingerprint density at radius 3 is 2.45 bits per heavy atom. The Bertz CT molecular complexity index is 1060. The van der Waals surface area contributed by atoms with Gasteiger partial charge in [0, 0.05) is 29.6 Å². The zero-order valence-corrected chi connectivity index (χ0v) is 16.2. The van der Waals surface area contributed by atoms with E-state index in [1.807, 2.05) is 54.6 Å². The highest BCUT2D eigenvalue weighted by Gasteiger charge is 2.02. The molecule has 1 heterocycles. The summed E-state index contributed by atoms with van der Waals surface area (Å²) in [6, 6.07) is 18.3. The molecule has 144 valence electrons. The number of carbonyl (C=O) groups excluding carboxylic acids is 1. The molecular formula is C24H20N2O3. The Hall–Kier alpha value is -4.04. The summed E-state index contributed by atoms with van der Waals surface area (Å²) in [5.41, 5.74) is 2.94. The summed E-state index contributed by atoms with van der Waals surface area (Å²) >= 11 is 0. The summed E-state index contributed by atoms with van der Waals surface area (Å²) in [6.07, 6.45) is 4.86. The number of benzene rings is 2. The lowest BCUT2D eigenvalue weighted by Gasteiger charge is -2.06. The third kappa shape index (κ3) is 5.98. The molecule has 1 N–H and O–H groups in total. The Morgan fingerprint density at radius 2 is 1.76 bits per heavy atom. The van der Waals surface area contributed by atoms with Gasteiger partial charge in [0.25, 0.3) is 0 Å². The number of aromatic nitrogens is 1. The Kier molecular flexibility index (Phi) is 6.64. The van der Waals surface area contributed by atoms with Crippen LogP contribution < -0.4 is 14.8 Å².